The van der Waals surface area contributed by atoms with E-state index in [9.17, 15) is 21.2 Å². The summed E-state index contributed by atoms with van der Waals surface area (Å²) in [6.07, 6.45) is 2.22. The van der Waals surface area contributed by atoms with Crippen LogP contribution in [0.5, 0.6) is 0 Å². The normalized spacial score (nSPS) is 12.9. The molecular formula is C11H11ClFNO4S2. The number of benzene rings is 1. The second kappa shape index (κ2) is 5.01. The summed E-state index contributed by atoms with van der Waals surface area (Å²) in [7, 11) is -2.06. The molecule has 9 heteroatoms. The third-order valence-electron chi connectivity index (χ3n) is 2.79. The zero-order valence-electron chi connectivity index (χ0n) is 10.4. The van der Waals surface area contributed by atoms with Crippen molar-refractivity contribution in [2.75, 3.05) is 12.0 Å². The fourth-order valence-electron chi connectivity index (χ4n) is 1.91. The van der Waals surface area contributed by atoms with E-state index in [0.717, 1.165) is 18.5 Å². The highest BCUT2D eigenvalue weighted by Gasteiger charge is 2.21. The molecule has 0 aliphatic carbocycles. The maximum Gasteiger partial charge on any atom is 0.263 e. The number of halogens is 2. The molecule has 0 N–H and O–H groups in total. The molecule has 1 aromatic carbocycles. The minimum atomic E-state index is -4.12. The number of nitrogens with zero attached hydrogens (tertiary/aromatic N) is 1. The smallest absolute Gasteiger partial charge is 0.263 e. The molecule has 5 nitrogen and oxygen atoms in total. The van der Waals surface area contributed by atoms with Crippen molar-refractivity contribution in [3.8, 4) is 0 Å². The van der Waals surface area contributed by atoms with Crippen molar-refractivity contribution in [2.24, 2.45) is 0 Å². The molecule has 0 radical (unpaired) electrons. The number of hydrogen-bond donors (Lipinski definition) is 0. The summed E-state index contributed by atoms with van der Waals surface area (Å²) in [6.45, 7) is 0.0190. The zero-order valence-corrected chi connectivity index (χ0v) is 12.8. The monoisotopic (exact) mass is 339 g/mol. The Hall–Kier alpha value is -1.12. The molecule has 1 aromatic heterocycles. The van der Waals surface area contributed by atoms with Crippen LogP contribution in [0.25, 0.3) is 10.9 Å². The van der Waals surface area contributed by atoms with Gasteiger partial charge in [-0.1, -0.05) is 6.07 Å². The van der Waals surface area contributed by atoms with E-state index in [2.05, 4.69) is 0 Å². The first-order valence-corrected chi connectivity index (χ1v) is 9.86. The number of fused-ring (bicyclic) bond motifs is 1. The van der Waals surface area contributed by atoms with Gasteiger partial charge < -0.3 is 4.57 Å². The second-order valence-corrected chi connectivity index (χ2v) is 9.18. The second-order valence-electron chi connectivity index (χ2n) is 4.39. The first-order chi connectivity index (χ1) is 9.09. The van der Waals surface area contributed by atoms with Gasteiger partial charge in [0.25, 0.3) is 9.05 Å². The fourth-order valence-corrected chi connectivity index (χ4v) is 3.48. The van der Waals surface area contributed by atoms with Crippen molar-refractivity contribution in [1.29, 1.82) is 0 Å². The lowest BCUT2D eigenvalue weighted by atomic mass is 10.2. The lowest BCUT2D eigenvalue weighted by Crippen LogP contribution is -2.10. The standard InChI is InChI=1S/C11H11ClFNO4S2/c1-19(15,16)6-5-14-7-10(20(12,17)18)11-8(13)3-2-4-9(11)14/h2-4,7H,5-6H2,1H3. The SMILES string of the molecule is CS(=O)(=O)CCn1cc(S(=O)(=O)Cl)c2c(F)cccc21. The molecule has 0 saturated carbocycles. The van der Waals surface area contributed by atoms with Crippen LogP contribution < -0.4 is 0 Å². The molecule has 0 aliphatic rings. The van der Waals surface area contributed by atoms with Crippen LogP contribution >= 0.6 is 10.7 Å². The molecule has 0 saturated heterocycles. The van der Waals surface area contributed by atoms with E-state index in [1.807, 2.05) is 0 Å². The molecule has 2 aromatic rings. The van der Waals surface area contributed by atoms with Crippen LogP contribution in [0.15, 0.2) is 29.3 Å². The molecule has 2 rings (SSSR count). The first kappa shape index (κ1) is 15.3. The Morgan fingerprint density at radius 3 is 2.45 bits per heavy atom. The van der Waals surface area contributed by atoms with Gasteiger partial charge in [0.15, 0.2) is 0 Å². The summed E-state index contributed by atoms with van der Waals surface area (Å²) in [6, 6.07) is 4.04. The minimum Gasteiger partial charge on any atom is -0.345 e. The van der Waals surface area contributed by atoms with E-state index < -0.39 is 24.7 Å². The number of rotatable bonds is 4. The van der Waals surface area contributed by atoms with Gasteiger partial charge in [0, 0.05) is 29.7 Å². The molecule has 0 atom stereocenters. The minimum absolute atomic E-state index is 0.0190. The lowest BCUT2D eigenvalue weighted by Gasteiger charge is -2.03. The Balaban J connectivity index is 2.66. The summed E-state index contributed by atoms with van der Waals surface area (Å²) in [5, 5.41) is -0.129. The van der Waals surface area contributed by atoms with E-state index in [4.69, 9.17) is 10.7 Å². The van der Waals surface area contributed by atoms with Crippen LogP contribution in [-0.4, -0.2) is 33.4 Å². The van der Waals surface area contributed by atoms with Gasteiger partial charge in [-0.2, -0.15) is 0 Å². The first-order valence-electron chi connectivity index (χ1n) is 5.49. The predicted octanol–water partition coefficient (Wildman–Crippen LogP) is 1.75. The van der Waals surface area contributed by atoms with Crippen molar-refractivity contribution in [2.45, 2.75) is 11.4 Å². The van der Waals surface area contributed by atoms with E-state index in [1.165, 1.54) is 16.7 Å². The lowest BCUT2D eigenvalue weighted by molar-refractivity contribution is 0.595. The van der Waals surface area contributed by atoms with E-state index in [1.54, 1.807) is 0 Å². The van der Waals surface area contributed by atoms with Gasteiger partial charge in [-0.3, -0.25) is 0 Å². The van der Waals surface area contributed by atoms with Crippen LogP contribution in [0, 0.1) is 5.82 Å². The number of sulfone groups is 1. The Morgan fingerprint density at radius 1 is 1.25 bits per heavy atom. The average molecular weight is 340 g/mol. The van der Waals surface area contributed by atoms with Crippen LogP contribution in [0.1, 0.15) is 0 Å². The highest BCUT2D eigenvalue weighted by molar-refractivity contribution is 8.14. The quantitative estimate of drug-likeness (QED) is 0.795. The van der Waals surface area contributed by atoms with Crippen molar-refractivity contribution >= 4 is 40.5 Å². The maximum atomic E-state index is 13.8. The molecule has 0 amide bonds. The Labute approximate surface area is 120 Å². The maximum absolute atomic E-state index is 13.8. The summed E-state index contributed by atoms with van der Waals surface area (Å²) >= 11 is 0. The molecule has 20 heavy (non-hydrogen) atoms. The summed E-state index contributed by atoms with van der Waals surface area (Å²) < 4.78 is 60.5. The topological polar surface area (TPSA) is 73.2 Å². The Kier molecular flexibility index (Phi) is 3.83. The van der Waals surface area contributed by atoms with Crippen molar-refractivity contribution < 1.29 is 21.2 Å². The molecular weight excluding hydrogens is 329 g/mol. The van der Waals surface area contributed by atoms with E-state index in [0.29, 0.717) is 0 Å². The highest BCUT2D eigenvalue weighted by Crippen LogP contribution is 2.30. The van der Waals surface area contributed by atoms with Crippen molar-refractivity contribution in [1.82, 2.24) is 4.57 Å². The van der Waals surface area contributed by atoms with Gasteiger partial charge in [-0.15, -0.1) is 0 Å². The summed E-state index contributed by atoms with van der Waals surface area (Å²) in [5.74, 6) is -0.908. The fraction of sp³-hybridized carbons (Fsp3) is 0.273. The molecule has 0 aliphatic heterocycles. The Bertz CT molecular complexity index is 871. The third kappa shape index (κ3) is 3.13. The summed E-state index contributed by atoms with van der Waals surface area (Å²) in [4.78, 5) is -0.360. The van der Waals surface area contributed by atoms with Crippen LogP contribution in [0.2, 0.25) is 0 Å². The van der Waals surface area contributed by atoms with Gasteiger partial charge in [0.2, 0.25) is 0 Å². The molecule has 0 fully saturated rings. The van der Waals surface area contributed by atoms with Gasteiger partial charge in [-0.25, -0.2) is 21.2 Å². The average Bonchev–Trinajstić information content (AvgIpc) is 2.65. The molecule has 110 valence electrons. The molecule has 0 spiro atoms. The zero-order chi connectivity index (χ0) is 15.1. The summed E-state index contributed by atoms with van der Waals surface area (Å²) in [5.41, 5.74) is 0.285. The van der Waals surface area contributed by atoms with E-state index >= 15 is 0 Å². The number of aryl methyl sites for hydroxylation is 1. The Morgan fingerprint density at radius 2 is 1.90 bits per heavy atom. The van der Waals surface area contributed by atoms with Crippen molar-refractivity contribution in [3.63, 3.8) is 0 Å². The van der Waals surface area contributed by atoms with Gasteiger partial charge in [-0.05, 0) is 12.1 Å². The van der Waals surface area contributed by atoms with Crippen LogP contribution in [-0.2, 0) is 25.4 Å². The largest absolute Gasteiger partial charge is 0.345 e. The molecule has 0 unspecified atom stereocenters. The van der Waals surface area contributed by atoms with E-state index in [-0.39, 0.29) is 28.1 Å². The van der Waals surface area contributed by atoms with Gasteiger partial charge in [0.1, 0.15) is 20.5 Å². The van der Waals surface area contributed by atoms with Crippen LogP contribution in [0.3, 0.4) is 0 Å². The van der Waals surface area contributed by atoms with Gasteiger partial charge >= 0.3 is 0 Å². The number of aromatic nitrogens is 1. The van der Waals surface area contributed by atoms with Crippen molar-refractivity contribution in [3.05, 3.63) is 30.2 Å². The molecule has 1 heterocycles. The van der Waals surface area contributed by atoms with Gasteiger partial charge in [0.05, 0.1) is 16.7 Å². The third-order valence-corrected chi connectivity index (χ3v) is 5.04. The highest BCUT2D eigenvalue weighted by atomic mass is 35.7. The van der Waals surface area contributed by atoms with Crippen LogP contribution in [0.4, 0.5) is 4.39 Å². The number of hydrogen-bond acceptors (Lipinski definition) is 4. The molecule has 0 bridgehead atoms. The predicted molar refractivity (Wildman–Crippen MR) is 74.6 cm³/mol.